The highest BCUT2D eigenvalue weighted by molar-refractivity contribution is 5.76. The highest BCUT2D eigenvalue weighted by atomic mass is 15.1. The van der Waals surface area contributed by atoms with Crippen LogP contribution < -0.4 is 4.90 Å². The summed E-state index contributed by atoms with van der Waals surface area (Å²) in [6, 6.07) is 27.8. The predicted molar refractivity (Wildman–Crippen MR) is 131 cm³/mol. The molecule has 0 saturated carbocycles. The molecule has 0 atom stereocenters. The molecular formula is C27H41N. The SMILES string of the molecule is C.CC.CC.CC.Cc1ccc(N(c2ccccc2)c2ccc(C)cc2)cc1. The zero-order chi connectivity index (χ0) is 20.7. The van der Waals surface area contributed by atoms with Crippen molar-refractivity contribution >= 4 is 17.1 Å². The van der Waals surface area contributed by atoms with Crippen molar-refractivity contribution in [3.8, 4) is 0 Å². The van der Waals surface area contributed by atoms with Gasteiger partial charge in [-0.25, -0.2) is 0 Å². The number of rotatable bonds is 3. The van der Waals surface area contributed by atoms with Crippen LogP contribution in [0.15, 0.2) is 78.9 Å². The first-order valence-corrected chi connectivity index (χ1v) is 10.2. The lowest BCUT2D eigenvalue weighted by Crippen LogP contribution is -2.09. The van der Waals surface area contributed by atoms with Gasteiger partial charge < -0.3 is 4.90 Å². The third kappa shape index (κ3) is 8.43. The summed E-state index contributed by atoms with van der Waals surface area (Å²) < 4.78 is 0. The van der Waals surface area contributed by atoms with Gasteiger partial charge in [0.15, 0.2) is 0 Å². The van der Waals surface area contributed by atoms with E-state index in [1.165, 1.54) is 28.2 Å². The van der Waals surface area contributed by atoms with Crippen LogP contribution in [0, 0.1) is 13.8 Å². The molecular weight excluding hydrogens is 338 g/mol. The van der Waals surface area contributed by atoms with E-state index < -0.39 is 0 Å². The van der Waals surface area contributed by atoms with Crippen LogP contribution in [0.25, 0.3) is 0 Å². The Hall–Kier alpha value is -2.54. The fourth-order valence-electron chi connectivity index (χ4n) is 2.41. The van der Waals surface area contributed by atoms with Crippen LogP contribution >= 0.6 is 0 Å². The van der Waals surface area contributed by atoms with Crippen molar-refractivity contribution in [2.75, 3.05) is 4.90 Å². The van der Waals surface area contributed by atoms with Gasteiger partial charge in [0, 0.05) is 17.1 Å². The fraction of sp³-hybridized carbons (Fsp3) is 0.333. The summed E-state index contributed by atoms with van der Waals surface area (Å²) in [6.45, 7) is 16.2. The summed E-state index contributed by atoms with van der Waals surface area (Å²) in [4.78, 5) is 2.28. The molecule has 3 aromatic rings. The van der Waals surface area contributed by atoms with Gasteiger partial charge in [-0.3, -0.25) is 0 Å². The van der Waals surface area contributed by atoms with Gasteiger partial charge in [0.25, 0.3) is 0 Å². The van der Waals surface area contributed by atoms with Crippen LogP contribution in [-0.4, -0.2) is 0 Å². The monoisotopic (exact) mass is 379 g/mol. The van der Waals surface area contributed by atoms with Gasteiger partial charge >= 0.3 is 0 Å². The Morgan fingerprint density at radius 2 is 0.714 bits per heavy atom. The standard InChI is InChI=1S/C20H19N.3C2H6.CH4/c1-16-8-12-19(13-9-16)21(18-6-4-3-5-7-18)20-14-10-17(2)11-15-20;3*1-2;/h3-15H,1-2H3;3*1-2H3;1H4. The fourth-order valence-corrected chi connectivity index (χ4v) is 2.41. The second kappa shape index (κ2) is 16.6. The van der Waals surface area contributed by atoms with Crippen molar-refractivity contribution in [1.82, 2.24) is 0 Å². The maximum atomic E-state index is 2.28. The van der Waals surface area contributed by atoms with Crippen molar-refractivity contribution in [2.24, 2.45) is 0 Å². The van der Waals surface area contributed by atoms with Crippen molar-refractivity contribution in [3.63, 3.8) is 0 Å². The smallest absolute Gasteiger partial charge is 0.0461 e. The largest absolute Gasteiger partial charge is 0.311 e. The molecule has 1 heteroatoms. The van der Waals surface area contributed by atoms with Gasteiger partial charge in [0.05, 0.1) is 0 Å². The third-order valence-corrected chi connectivity index (χ3v) is 3.60. The second-order valence-electron chi connectivity index (χ2n) is 5.34. The van der Waals surface area contributed by atoms with E-state index in [9.17, 15) is 0 Å². The number of aryl methyl sites for hydroxylation is 2. The average Bonchev–Trinajstić information content (AvgIpc) is 2.76. The summed E-state index contributed by atoms with van der Waals surface area (Å²) in [6.07, 6.45) is 0. The molecule has 0 aliphatic carbocycles. The molecule has 0 amide bonds. The lowest BCUT2D eigenvalue weighted by Gasteiger charge is -2.25. The number of hydrogen-bond acceptors (Lipinski definition) is 1. The zero-order valence-electron chi connectivity index (χ0n) is 18.5. The van der Waals surface area contributed by atoms with E-state index in [2.05, 4.69) is 91.5 Å². The minimum Gasteiger partial charge on any atom is -0.311 e. The molecule has 0 unspecified atom stereocenters. The molecule has 154 valence electrons. The number of para-hydroxylation sites is 1. The Morgan fingerprint density at radius 3 is 1.04 bits per heavy atom. The minimum absolute atomic E-state index is 0. The van der Waals surface area contributed by atoms with Crippen molar-refractivity contribution in [3.05, 3.63) is 90.0 Å². The summed E-state index contributed by atoms with van der Waals surface area (Å²) >= 11 is 0. The molecule has 1 nitrogen and oxygen atoms in total. The van der Waals surface area contributed by atoms with Gasteiger partial charge in [-0.2, -0.15) is 0 Å². The third-order valence-electron chi connectivity index (χ3n) is 3.60. The van der Waals surface area contributed by atoms with Crippen molar-refractivity contribution < 1.29 is 0 Å². The van der Waals surface area contributed by atoms with E-state index in [0.717, 1.165) is 0 Å². The van der Waals surface area contributed by atoms with E-state index in [1.54, 1.807) is 0 Å². The summed E-state index contributed by atoms with van der Waals surface area (Å²) in [5.41, 5.74) is 6.07. The Kier molecular flexibility index (Phi) is 16.4. The maximum Gasteiger partial charge on any atom is 0.0461 e. The molecule has 3 aromatic carbocycles. The molecule has 3 rings (SSSR count). The van der Waals surface area contributed by atoms with Crippen molar-refractivity contribution in [1.29, 1.82) is 0 Å². The molecule has 28 heavy (non-hydrogen) atoms. The quantitative estimate of drug-likeness (QED) is 0.438. The van der Waals surface area contributed by atoms with E-state index >= 15 is 0 Å². The molecule has 0 aliphatic heterocycles. The van der Waals surface area contributed by atoms with Crippen LogP contribution in [0.1, 0.15) is 60.1 Å². The molecule has 0 saturated heterocycles. The topological polar surface area (TPSA) is 3.24 Å². The van der Waals surface area contributed by atoms with Gasteiger partial charge in [-0.05, 0) is 50.2 Å². The van der Waals surface area contributed by atoms with Gasteiger partial charge in [-0.15, -0.1) is 0 Å². The first kappa shape index (κ1) is 27.7. The van der Waals surface area contributed by atoms with E-state index in [1.807, 2.05) is 47.6 Å². The van der Waals surface area contributed by atoms with Gasteiger partial charge in [0.1, 0.15) is 0 Å². The van der Waals surface area contributed by atoms with Crippen LogP contribution in [0.2, 0.25) is 0 Å². The minimum atomic E-state index is 0. The first-order chi connectivity index (χ1) is 13.2. The van der Waals surface area contributed by atoms with Crippen LogP contribution in [0.3, 0.4) is 0 Å². The second-order valence-corrected chi connectivity index (χ2v) is 5.34. The summed E-state index contributed by atoms with van der Waals surface area (Å²) in [5, 5.41) is 0. The molecule has 0 N–H and O–H groups in total. The normalized spacial score (nSPS) is 8.43. The summed E-state index contributed by atoms with van der Waals surface area (Å²) in [5.74, 6) is 0. The molecule has 0 aromatic heterocycles. The average molecular weight is 380 g/mol. The zero-order valence-corrected chi connectivity index (χ0v) is 18.5. The van der Waals surface area contributed by atoms with Gasteiger partial charge in [0.2, 0.25) is 0 Å². The lowest BCUT2D eigenvalue weighted by molar-refractivity contribution is 1.27. The maximum absolute atomic E-state index is 2.28. The van der Waals surface area contributed by atoms with Crippen LogP contribution in [-0.2, 0) is 0 Å². The highest BCUT2D eigenvalue weighted by Crippen LogP contribution is 2.34. The Bertz CT molecular complexity index is 652. The number of nitrogens with zero attached hydrogens (tertiary/aromatic N) is 1. The molecule has 0 aliphatic rings. The van der Waals surface area contributed by atoms with E-state index in [4.69, 9.17) is 0 Å². The first-order valence-electron chi connectivity index (χ1n) is 10.2. The predicted octanol–water partition coefficient (Wildman–Crippen LogP) is 9.49. The molecule has 0 spiro atoms. The molecule has 0 fully saturated rings. The lowest BCUT2D eigenvalue weighted by atomic mass is 10.1. The Labute approximate surface area is 175 Å². The van der Waals surface area contributed by atoms with Crippen LogP contribution in [0.4, 0.5) is 17.1 Å². The Balaban J connectivity index is 0. The van der Waals surface area contributed by atoms with E-state index in [-0.39, 0.29) is 7.43 Å². The Morgan fingerprint density at radius 1 is 0.429 bits per heavy atom. The number of hydrogen-bond donors (Lipinski definition) is 0. The summed E-state index contributed by atoms with van der Waals surface area (Å²) in [7, 11) is 0. The number of anilines is 3. The molecule has 0 heterocycles. The van der Waals surface area contributed by atoms with Crippen molar-refractivity contribution in [2.45, 2.75) is 62.8 Å². The molecule has 0 bridgehead atoms. The molecule has 0 radical (unpaired) electrons. The van der Waals surface area contributed by atoms with Crippen LogP contribution in [0.5, 0.6) is 0 Å². The highest BCUT2D eigenvalue weighted by Gasteiger charge is 2.11. The van der Waals surface area contributed by atoms with Gasteiger partial charge in [-0.1, -0.05) is 103 Å². The number of benzene rings is 3. The van der Waals surface area contributed by atoms with E-state index in [0.29, 0.717) is 0 Å².